The van der Waals surface area contributed by atoms with Crippen molar-refractivity contribution < 1.29 is 4.74 Å². The minimum atomic E-state index is 0.696. The summed E-state index contributed by atoms with van der Waals surface area (Å²) in [7, 11) is 1.66. The first-order valence-electron chi connectivity index (χ1n) is 6.77. The molecule has 0 atom stereocenters. The molecule has 0 amide bonds. The van der Waals surface area contributed by atoms with E-state index in [0.29, 0.717) is 5.88 Å². The number of rotatable bonds is 2. The number of pyridine rings is 1. The number of aromatic nitrogens is 1. The van der Waals surface area contributed by atoms with Gasteiger partial charge in [0.1, 0.15) is 0 Å². The Labute approximate surface area is 113 Å². The van der Waals surface area contributed by atoms with E-state index in [4.69, 9.17) is 4.74 Å². The smallest absolute Gasteiger partial charge is 0.221 e. The summed E-state index contributed by atoms with van der Waals surface area (Å²) >= 11 is 0. The summed E-state index contributed by atoms with van der Waals surface area (Å²) in [4.78, 5) is 6.67. The summed E-state index contributed by atoms with van der Waals surface area (Å²) in [5, 5.41) is 5.68. The molecule has 100 valence electrons. The molecule has 1 aliphatic heterocycles. The average molecular weight is 257 g/mol. The number of methoxy groups -OCH3 is 1. The predicted molar refractivity (Wildman–Crippen MR) is 78.0 cm³/mol. The molecule has 4 nitrogen and oxygen atoms in total. The lowest BCUT2D eigenvalue weighted by atomic mass is 10.1. The SMILES string of the molecule is COc1nccc2cc(N3CCCNCC3)ccc12. The molecular weight excluding hydrogens is 238 g/mol. The van der Waals surface area contributed by atoms with Crippen molar-refractivity contribution in [3.8, 4) is 5.88 Å². The Hall–Kier alpha value is -1.81. The van der Waals surface area contributed by atoms with E-state index in [0.717, 1.165) is 31.6 Å². The van der Waals surface area contributed by atoms with Gasteiger partial charge >= 0.3 is 0 Å². The van der Waals surface area contributed by atoms with Gasteiger partial charge in [-0.15, -0.1) is 0 Å². The topological polar surface area (TPSA) is 37.4 Å². The molecule has 1 aromatic heterocycles. The molecular formula is C15H19N3O. The first-order chi connectivity index (χ1) is 9.38. The fourth-order valence-electron chi connectivity index (χ4n) is 2.60. The van der Waals surface area contributed by atoms with E-state index in [-0.39, 0.29) is 0 Å². The van der Waals surface area contributed by atoms with E-state index < -0.39 is 0 Å². The van der Waals surface area contributed by atoms with Crippen molar-refractivity contribution >= 4 is 16.5 Å². The zero-order chi connectivity index (χ0) is 13.1. The molecule has 0 radical (unpaired) electrons. The summed E-state index contributed by atoms with van der Waals surface area (Å²) in [6.45, 7) is 4.34. The molecule has 0 spiro atoms. The minimum absolute atomic E-state index is 0.696. The molecule has 19 heavy (non-hydrogen) atoms. The Morgan fingerprint density at radius 1 is 1.21 bits per heavy atom. The van der Waals surface area contributed by atoms with Gasteiger partial charge in [0.2, 0.25) is 5.88 Å². The van der Waals surface area contributed by atoms with Gasteiger partial charge < -0.3 is 15.0 Å². The number of benzene rings is 1. The van der Waals surface area contributed by atoms with Gasteiger partial charge in [0.05, 0.1) is 7.11 Å². The monoisotopic (exact) mass is 257 g/mol. The van der Waals surface area contributed by atoms with E-state index in [2.05, 4.69) is 33.4 Å². The lowest BCUT2D eigenvalue weighted by molar-refractivity contribution is 0.403. The zero-order valence-corrected chi connectivity index (χ0v) is 11.2. The fourth-order valence-corrected chi connectivity index (χ4v) is 2.60. The van der Waals surface area contributed by atoms with Crippen molar-refractivity contribution in [2.24, 2.45) is 0 Å². The molecule has 0 saturated carbocycles. The molecule has 2 aromatic rings. The Bertz CT molecular complexity index is 562. The number of nitrogens with one attached hydrogen (secondary N) is 1. The maximum Gasteiger partial charge on any atom is 0.221 e. The Kier molecular flexibility index (Phi) is 3.51. The molecule has 0 aliphatic carbocycles. The first-order valence-corrected chi connectivity index (χ1v) is 6.77. The highest BCUT2D eigenvalue weighted by Crippen LogP contribution is 2.27. The number of fused-ring (bicyclic) bond motifs is 1. The number of ether oxygens (including phenoxy) is 1. The van der Waals surface area contributed by atoms with Crippen LogP contribution in [0.15, 0.2) is 30.5 Å². The molecule has 2 heterocycles. The fraction of sp³-hybridized carbons (Fsp3) is 0.400. The molecule has 1 fully saturated rings. The van der Waals surface area contributed by atoms with Crippen LogP contribution in [-0.4, -0.2) is 38.3 Å². The minimum Gasteiger partial charge on any atom is -0.481 e. The second-order valence-corrected chi connectivity index (χ2v) is 4.82. The number of hydrogen-bond acceptors (Lipinski definition) is 4. The van der Waals surface area contributed by atoms with Gasteiger partial charge in [0, 0.05) is 36.9 Å². The van der Waals surface area contributed by atoms with Gasteiger partial charge in [-0.05, 0) is 42.6 Å². The van der Waals surface area contributed by atoms with Crippen LogP contribution in [0.1, 0.15) is 6.42 Å². The summed E-state index contributed by atoms with van der Waals surface area (Å²) in [5.41, 5.74) is 1.28. The van der Waals surface area contributed by atoms with Crippen LogP contribution in [0.25, 0.3) is 10.8 Å². The molecule has 1 aromatic carbocycles. The lowest BCUT2D eigenvalue weighted by Crippen LogP contribution is -2.27. The molecule has 1 saturated heterocycles. The Morgan fingerprint density at radius 2 is 2.16 bits per heavy atom. The molecule has 0 bridgehead atoms. The van der Waals surface area contributed by atoms with Crippen molar-refractivity contribution in [3.05, 3.63) is 30.5 Å². The van der Waals surface area contributed by atoms with Crippen molar-refractivity contribution in [3.63, 3.8) is 0 Å². The van der Waals surface area contributed by atoms with E-state index >= 15 is 0 Å². The van der Waals surface area contributed by atoms with E-state index in [1.54, 1.807) is 13.3 Å². The van der Waals surface area contributed by atoms with Crippen LogP contribution in [0.2, 0.25) is 0 Å². The largest absolute Gasteiger partial charge is 0.481 e. The van der Waals surface area contributed by atoms with E-state index in [1.807, 2.05) is 6.07 Å². The van der Waals surface area contributed by atoms with Crippen LogP contribution >= 0.6 is 0 Å². The van der Waals surface area contributed by atoms with Crippen molar-refractivity contribution in [1.82, 2.24) is 10.3 Å². The highest BCUT2D eigenvalue weighted by molar-refractivity contribution is 5.89. The van der Waals surface area contributed by atoms with Crippen molar-refractivity contribution in [2.75, 3.05) is 38.2 Å². The van der Waals surface area contributed by atoms with Crippen LogP contribution in [-0.2, 0) is 0 Å². The highest BCUT2D eigenvalue weighted by Gasteiger charge is 2.11. The third kappa shape index (κ3) is 2.49. The third-order valence-electron chi connectivity index (χ3n) is 3.61. The summed E-state index contributed by atoms with van der Waals surface area (Å²) in [6.07, 6.45) is 2.99. The zero-order valence-electron chi connectivity index (χ0n) is 11.2. The molecule has 4 heteroatoms. The maximum atomic E-state index is 5.30. The molecule has 3 rings (SSSR count). The Balaban J connectivity index is 1.97. The lowest BCUT2D eigenvalue weighted by Gasteiger charge is -2.22. The third-order valence-corrected chi connectivity index (χ3v) is 3.61. The first kappa shape index (κ1) is 12.2. The standard InChI is InChI=1S/C15H19N3O/c1-19-15-14-4-3-13(11-12(14)5-7-17-15)18-9-2-6-16-8-10-18/h3-5,7,11,16H,2,6,8-10H2,1H3. The van der Waals surface area contributed by atoms with Crippen molar-refractivity contribution in [1.29, 1.82) is 0 Å². The van der Waals surface area contributed by atoms with Crippen LogP contribution < -0.4 is 15.0 Å². The second kappa shape index (κ2) is 5.45. The number of anilines is 1. The number of hydrogen-bond donors (Lipinski definition) is 1. The summed E-state index contributed by atoms with van der Waals surface area (Å²) in [6, 6.07) is 8.54. The normalized spacial score (nSPS) is 16.4. The van der Waals surface area contributed by atoms with Gasteiger partial charge in [-0.3, -0.25) is 0 Å². The summed E-state index contributed by atoms with van der Waals surface area (Å²) in [5.74, 6) is 0.696. The van der Waals surface area contributed by atoms with E-state index in [1.165, 1.54) is 17.5 Å². The molecule has 1 N–H and O–H groups in total. The van der Waals surface area contributed by atoms with Crippen molar-refractivity contribution in [2.45, 2.75) is 6.42 Å². The van der Waals surface area contributed by atoms with Gasteiger partial charge in [0.15, 0.2) is 0 Å². The predicted octanol–water partition coefficient (Wildman–Crippen LogP) is 2.04. The molecule has 1 aliphatic rings. The second-order valence-electron chi connectivity index (χ2n) is 4.82. The Morgan fingerprint density at radius 3 is 3.05 bits per heavy atom. The van der Waals surface area contributed by atoms with Gasteiger partial charge in [-0.25, -0.2) is 4.98 Å². The van der Waals surface area contributed by atoms with Gasteiger partial charge in [-0.2, -0.15) is 0 Å². The van der Waals surface area contributed by atoms with E-state index in [9.17, 15) is 0 Å². The highest BCUT2D eigenvalue weighted by atomic mass is 16.5. The van der Waals surface area contributed by atoms with Crippen LogP contribution in [0, 0.1) is 0 Å². The number of nitrogens with zero attached hydrogens (tertiary/aromatic N) is 2. The van der Waals surface area contributed by atoms with Crippen LogP contribution in [0.4, 0.5) is 5.69 Å². The van der Waals surface area contributed by atoms with Crippen LogP contribution in [0.5, 0.6) is 5.88 Å². The van der Waals surface area contributed by atoms with Gasteiger partial charge in [0.25, 0.3) is 0 Å². The summed E-state index contributed by atoms with van der Waals surface area (Å²) < 4.78 is 5.30. The maximum absolute atomic E-state index is 5.30. The quantitative estimate of drug-likeness (QED) is 0.893. The molecule has 0 unspecified atom stereocenters. The average Bonchev–Trinajstić information content (AvgIpc) is 2.75. The van der Waals surface area contributed by atoms with Gasteiger partial charge in [-0.1, -0.05) is 0 Å². The van der Waals surface area contributed by atoms with Crippen LogP contribution in [0.3, 0.4) is 0 Å².